The van der Waals surface area contributed by atoms with Crippen LogP contribution in [0.3, 0.4) is 0 Å². The van der Waals surface area contributed by atoms with E-state index in [0.717, 1.165) is 33.3 Å². The van der Waals surface area contributed by atoms with E-state index in [1.165, 1.54) is 23.1 Å². The zero-order chi connectivity index (χ0) is 17.9. The summed E-state index contributed by atoms with van der Waals surface area (Å²) in [5, 5.41) is 4.68. The Labute approximate surface area is 159 Å². The van der Waals surface area contributed by atoms with Crippen molar-refractivity contribution in [2.75, 3.05) is 12.8 Å². The lowest BCUT2D eigenvalue weighted by Crippen LogP contribution is -2.34. The van der Waals surface area contributed by atoms with Gasteiger partial charge >= 0.3 is 0 Å². The third-order valence-electron chi connectivity index (χ3n) is 4.04. The van der Waals surface area contributed by atoms with E-state index in [-0.39, 0.29) is 12.0 Å². The number of aromatic nitrogens is 3. The van der Waals surface area contributed by atoms with E-state index in [2.05, 4.69) is 26.3 Å². The average molecular weight is 384 g/mol. The molecule has 2 aromatic heterocycles. The molecular formula is C18H16N4O2S2. The lowest BCUT2D eigenvalue weighted by atomic mass is 10.0. The molecule has 1 N–H and O–H groups in total. The molecule has 0 aliphatic carbocycles. The van der Waals surface area contributed by atoms with E-state index in [9.17, 15) is 4.79 Å². The maximum Gasteiger partial charge on any atom is 0.270 e. The first kappa shape index (κ1) is 17.0. The van der Waals surface area contributed by atoms with Crippen molar-refractivity contribution in [1.29, 1.82) is 0 Å². The zero-order valence-electron chi connectivity index (χ0n) is 14.0. The summed E-state index contributed by atoms with van der Waals surface area (Å²) in [6.07, 6.45) is 7.69. The van der Waals surface area contributed by atoms with Crippen LogP contribution in [0, 0.1) is 0 Å². The number of carbonyl (C=O) groups is 1. The zero-order valence-corrected chi connectivity index (χ0v) is 15.6. The van der Waals surface area contributed by atoms with Crippen LogP contribution in [0.5, 0.6) is 5.75 Å². The van der Waals surface area contributed by atoms with Gasteiger partial charge in [-0.05, 0) is 30.0 Å². The molecule has 1 aromatic carbocycles. The van der Waals surface area contributed by atoms with E-state index in [4.69, 9.17) is 4.74 Å². The standard InChI is InChI=1S/C18H16N4O2S2/c1-25-18-22-15(10-26-18)17(23)21-8-13-7-12-6-11(2-3-16(12)24-13)14-9-19-4-5-20-14/h2-6,9-10,13H,7-8H2,1H3,(H,21,23). The summed E-state index contributed by atoms with van der Waals surface area (Å²) in [4.78, 5) is 24.9. The van der Waals surface area contributed by atoms with Crippen molar-refractivity contribution in [2.45, 2.75) is 16.9 Å². The molecule has 1 unspecified atom stereocenters. The van der Waals surface area contributed by atoms with Crippen molar-refractivity contribution >= 4 is 29.0 Å². The van der Waals surface area contributed by atoms with Crippen LogP contribution < -0.4 is 10.1 Å². The summed E-state index contributed by atoms with van der Waals surface area (Å²) in [5.41, 5.74) is 3.42. The minimum Gasteiger partial charge on any atom is -0.488 e. The summed E-state index contributed by atoms with van der Waals surface area (Å²) in [6, 6.07) is 6.00. The van der Waals surface area contributed by atoms with Crippen LogP contribution in [0.2, 0.25) is 0 Å². The van der Waals surface area contributed by atoms with E-state index >= 15 is 0 Å². The summed E-state index contributed by atoms with van der Waals surface area (Å²) < 4.78 is 6.82. The van der Waals surface area contributed by atoms with E-state index in [1.54, 1.807) is 24.0 Å². The van der Waals surface area contributed by atoms with Crippen molar-refractivity contribution in [2.24, 2.45) is 0 Å². The fraction of sp³-hybridized carbons (Fsp3) is 0.222. The van der Waals surface area contributed by atoms with E-state index in [0.29, 0.717) is 12.2 Å². The maximum atomic E-state index is 12.2. The van der Waals surface area contributed by atoms with Crippen LogP contribution >= 0.6 is 23.1 Å². The highest BCUT2D eigenvalue weighted by Gasteiger charge is 2.24. The Balaban J connectivity index is 1.38. The molecule has 1 atom stereocenters. The number of nitrogens with zero attached hydrogens (tertiary/aromatic N) is 3. The van der Waals surface area contributed by atoms with Gasteiger partial charge in [0.2, 0.25) is 0 Å². The van der Waals surface area contributed by atoms with Gasteiger partial charge in [-0.25, -0.2) is 4.98 Å². The van der Waals surface area contributed by atoms with Gasteiger partial charge in [0, 0.05) is 29.8 Å². The second-order valence-electron chi connectivity index (χ2n) is 5.77. The summed E-state index contributed by atoms with van der Waals surface area (Å²) in [6.45, 7) is 0.445. The summed E-state index contributed by atoms with van der Waals surface area (Å²) >= 11 is 3.01. The number of ether oxygens (including phenoxy) is 1. The largest absolute Gasteiger partial charge is 0.488 e. The highest BCUT2D eigenvalue weighted by molar-refractivity contribution is 8.00. The molecule has 0 bridgehead atoms. The number of nitrogens with one attached hydrogen (secondary N) is 1. The molecule has 0 radical (unpaired) electrons. The van der Waals surface area contributed by atoms with Crippen molar-refractivity contribution < 1.29 is 9.53 Å². The first-order valence-corrected chi connectivity index (χ1v) is 10.2. The SMILES string of the molecule is CSc1nc(C(=O)NCC2Cc3cc(-c4cnccn4)ccc3O2)cs1. The second kappa shape index (κ2) is 7.43. The van der Waals surface area contributed by atoms with Gasteiger partial charge in [0.05, 0.1) is 18.4 Å². The van der Waals surface area contributed by atoms with E-state index < -0.39 is 0 Å². The van der Waals surface area contributed by atoms with Gasteiger partial charge in [-0.3, -0.25) is 14.8 Å². The number of carbonyl (C=O) groups excluding carboxylic acids is 1. The topological polar surface area (TPSA) is 77.0 Å². The minimum absolute atomic E-state index is 0.0790. The molecule has 0 spiro atoms. The summed E-state index contributed by atoms with van der Waals surface area (Å²) in [5.74, 6) is 0.691. The fourth-order valence-electron chi connectivity index (χ4n) is 2.79. The van der Waals surface area contributed by atoms with Gasteiger partial charge in [0.1, 0.15) is 21.9 Å². The molecule has 1 aliphatic rings. The van der Waals surface area contributed by atoms with Crippen LogP contribution in [0.25, 0.3) is 11.3 Å². The Morgan fingerprint density at radius 1 is 1.42 bits per heavy atom. The van der Waals surface area contributed by atoms with Crippen molar-refractivity contribution in [1.82, 2.24) is 20.3 Å². The van der Waals surface area contributed by atoms with Gasteiger partial charge in [0.25, 0.3) is 5.91 Å². The Kier molecular flexibility index (Phi) is 4.85. The smallest absolute Gasteiger partial charge is 0.270 e. The number of rotatable bonds is 5. The quantitative estimate of drug-likeness (QED) is 0.682. The summed E-state index contributed by atoms with van der Waals surface area (Å²) in [7, 11) is 0. The molecule has 3 heterocycles. The maximum absolute atomic E-state index is 12.2. The van der Waals surface area contributed by atoms with Crippen molar-refractivity contribution in [3.05, 3.63) is 53.4 Å². The van der Waals surface area contributed by atoms with Crippen LogP contribution in [-0.4, -0.2) is 39.8 Å². The second-order valence-corrected chi connectivity index (χ2v) is 7.68. The average Bonchev–Trinajstić information content (AvgIpc) is 3.32. The monoisotopic (exact) mass is 384 g/mol. The Hall–Kier alpha value is -2.45. The highest BCUT2D eigenvalue weighted by Crippen LogP contribution is 2.32. The van der Waals surface area contributed by atoms with Gasteiger partial charge in [-0.2, -0.15) is 0 Å². The fourth-order valence-corrected chi connectivity index (χ4v) is 4.04. The van der Waals surface area contributed by atoms with Crippen LogP contribution in [0.4, 0.5) is 0 Å². The Morgan fingerprint density at radius 3 is 3.12 bits per heavy atom. The van der Waals surface area contributed by atoms with Gasteiger partial charge in [0.15, 0.2) is 0 Å². The molecule has 0 fully saturated rings. The van der Waals surface area contributed by atoms with Gasteiger partial charge in [-0.15, -0.1) is 11.3 Å². The number of fused-ring (bicyclic) bond motifs is 1. The number of hydrogen-bond acceptors (Lipinski definition) is 7. The molecular weight excluding hydrogens is 368 g/mol. The van der Waals surface area contributed by atoms with Crippen molar-refractivity contribution in [3.63, 3.8) is 0 Å². The molecule has 0 saturated heterocycles. The molecule has 1 amide bonds. The van der Waals surface area contributed by atoms with Crippen LogP contribution in [-0.2, 0) is 6.42 Å². The number of hydrogen-bond donors (Lipinski definition) is 1. The highest BCUT2D eigenvalue weighted by atomic mass is 32.2. The lowest BCUT2D eigenvalue weighted by Gasteiger charge is -2.11. The molecule has 4 rings (SSSR count). The third kappa shape index (κ3) is 3.56. The molecule has 3 aromatic rings. The molecule has 132 valence electrons. The van der Waals surface area contributed by atoms with Crippen molar-refractivity contribution in [3.8, 4) is 17.0 Å². The predicted octanol–water partition coefficient (Wildman–Crippen LogP) is 3.06. The Bertz CT molecular complexity index is 930. The normalized spacial score (nSPS) is 15.3. The molecule has 0 saturated carbocycles. The van der Waals surface area contributed by atoms with Gasteiger partial charge in [-0.1, -0.05) is 11.8 Å². The first-order valence-electron chi connectivity index (χ1n) is 8.06. The minimum atomic E-state index is -0.165. The third-order valence-corrected chi connectivity index (χ3v) is 5.90. The van der Waals surface area contributed by atoms with Crippen LogP contribution in [0.15, 0.2) is 46.5 Å². The molecule has 1 aliphatic heterocycles. The molecule has 8 heteroatoms. The Morgan fingerprint density at radius 2 is 2.35 bits per heavy atom. The van der Waals surface area contributed by atoms with E-state index in [1.807, 2.05) is 18.4 Å². The lowest BCUT2D eigenvalue weighted by molar-refractivity contribution is 0.0929. The number of amides is 1. The predicted molar refractivity (Wildman–Crippen MR) is 102 cm³/mol. The van der Waals surface area contributed by atoms with Gasteiger partial charge < -0.3 is 10.1 Å². The number of thiazole rings is 1. The number of thioether (sulfide) groups is 1. The first-order chi connectivity index (χ1) is 12.7. The molecule has 26 heavy (non-hydrogen) atoms. The number of benzene rings is 1. The van der Waals surface area contributed by atoms with Crippen LogP contribution in [0.1, 0.15) is 16.1 Å². The molecule has 6 nitrogen and oxygen atoms in total.